The summed E-state index contributed by atoms with van der Waals surface area (Å²) in [4.78, 5) is 0. The molecule has 0 aromatic rings. The van der Waals surface area contributed by atoms with E-state index in [4.69, 9.17) is 8.37 Å². The Labute approximate surface area is 146 Å². The highest BCUT2D eigenvalue weighted by atomic mass is 32.2. The number of rotatable bonds is 6. The molecule has 0 saturated heterocycles. The van der Waals surface area contributed by atoms with Gasteiger partial charge in [-0.2, -0.15) is 16.8 Å². The van der Waals surface area contributed by atoms with Crippen molar-refractivity contribution in [2.75, 3.05) is 19.1 Å². The Balaban J connectivity index is 2.30. The third kappa shape index (κ3) is 4.31. The van der Waals surface area contributed by atoms with Crippen LogP contribution in [0.15, 0.2) is 0 Å². The molecule has 3 aliphatic carbocycles. The van der Waals surface area contributed by atoms with Gasteiger partial charge in [0.05, 0.1) is 25.2 Å². The molecule has 3 saturated carbocycles. The van der Waals surface area contributed by atoms with Gasteiger partial charge in [-0.05, 0) is 47.8 Å². The lowest BCUT2D eigenvalue weighted by Gasteiger charge is -2.60. The van der Waals surface area contributed by atoms with E-state index in [1.807, 2.05) is 6.92 Å². The molecule has 0 heterocycles. The molecule has 3 fully saturated rings. The molecule has 24 heavy (non-hydrogen) atoms. The first-order chi connectivity index (χ1) is 10.7. The first-order valence-electron chi connectivity index (χ1n) is 8.46. The number of hydrogen-bond acceptors (Lipinski definition) is 6. The second-order valence-corrected chi connectivity index (χ2v) is 11.6. The summed E-state index contributed by atoms with van der Waals surface area (Å²) < 4.78 is 56.8. The Bertz CT molecular complexity index is 669. The van der Waals surface area contributed by atoms with Gasteiger partial charge in [0.25, 0.3) is 20.2 Å². The van der Waals surface area contributed by atoms with Crippen molar-refractivity contribution in [3.63, 3.8) is 0 Å². The second kappa shape index (κ2) is 6.52. The summed E-state index contributed by atoms with van der Waals surface area (Å²) in [6, 6.07) is 0. The van der Waals surface area contributed by atoms with Gasteiger partial charge in [0, 0.05) is 0 Å². The van der Waals surface area contributed by atoms with Gasteiger partial charge in [-0.25, -0.2) is 0 Å². The summed E-state index contributed by atoms with van der Waals surface area (Å²) >= 11 is 0. The fourth-order valence-corrected chi connectivity index (χ4v) is 6.16. The van der Waals surface area contributed by atoms with Crippen LogP contribution in [0.4, 0.5) is 0 Å². The van der Waals surface area contributed by atoms with Gasteiger partial charge in [0.15, 0.2) is 0 Å². The average molecular weight is 383 g/mol. The molecule has 3 rings (SSSR count). The van der Waals surface area contributed by atoms with E-state index in [0.717, 1.165) is 25.4 Å². The monoisotopic (exact) mass is 382 g/mol. The Hall–Kier alpha value is -0.180. The first kappa shape index (κ1) is 20.1. The van der Waals surface area contributed by atoms with E-state index >= 15 is 0 Å². The lowest BCUT2D eigenvalue weighted by atomic mass is 9.47. The van der Waals surface area contributed by atoms with Crippen LogP contribution in [0.5, 0.6) is 0 Å². The molecule has 0 radical (unpaired) electrons. The summed E-state index contributed by atoms with van der Waals surface area (Å²) in [5.74, 6) is 1.11. The maximum atomic E-state index is 11.7. The van der Waals surface area contributed by atoms with E-state index in [0.29, 0.717) is 11.8 Å². The van der Waals surface area contributed by atoms with Crippen LogP contribution >= 0.6 is 0 Å². The van der Waals surface area contributed by atoms with Crippen LogP contribution in [0, 0.1) is 35.0 Å². The molecule has 6 atom stereocenters. The molecule has 0 aromatic carbocycles. The molecule has 0 amide bonds. The van der Waals surface area contributed by atoms with Crippen molar-refractivity contribution in [1.82, 2.24) is 0 Å². The van der Waals surface area contributed by atoms with Gasteiger partial charge in [-0.3, -0.25) is 8.37 Å². The Morgan fingerprint density at radius 3 is 2.17 bits per heavy atom. The van der Waals surface area contributed by atoms with Gasteiger partial charge >= 0.3 is 0 Å². The van der Waals surface area contributed by atoms with E-state index in [1.165, 1.54) is 0 Å². The minimum atomic E-state index is -3.53. The number of fused-ring (bicyclic) bond motifs is 3. The molecule has 2 bridgehead atoms. The van der Waals surface area contributed by atoms with Crippen LogP contribution in [-0.4, -0.2) is 42.1 Å². The van der Waals surface area contributed by atoms with Crippen LogP contribution in [0.3, 0.4) is 0 Å². The van der Waals surface area contributed by atoms with E-state index in [9.17, 15) is 16.8 Å². The fraction of sp³-hybridized carbons (Fsp3) is 1.00. The van der Waals surface area contributed by atoms with Gasteiger partial charge < -0.3 is 0 Å². The van der Waals surface area contributed by atoms with E-state index in [1.54, 1.807) is 0 Å². The van der Waals surface area contributed by atoms with Crippen molar-refractivity contribution >= 4 is 20.2 Å². The van der Waals surface area contributed by atoms with Gasteiger partial charge in [-0.15, -0.1) is 0 Å². The zero-order valence-corrected chi connectivity index (χ0v) is 17.0. The maximum absolute atomic E-state index is 11.7. The van der Waals surface area contributed by atoms with Crippen LogP contribution in [0.2, 0.25) is 0 Å². The van der Waals surface area contributed by atoms with E-state index < -0.39 is 20.2 Å². The Kier molecular flexibility index (Phi) is 5.47. The third-order valence-corrected chi connectivity index (χ3v) is 7.11. The lowest BCUT2D eigenvalue weighted by Crippen LogP contribution is -2.59. The zero-order chi connectivity index (χ0) is 18.5. The molecule has 6 nitrogen and oxygen atoms in total. The van der Waals surface area contributed by atoms with Gasteiger partial charge in [0.1, 0.15) is 0 Å². The largest absolute Gasteiger partial charge is 0.270 e. The Morgan fingerprint density at radius 1 is 1.12 bits per heavy atom. The minimum Gasteiger partial charge on any atom is -0.270 e. The predicted molar refractivity (Wildman–Crippen MR) is 92.3 cm³/mol. The van der Waals surface area contributed by atoms with Gasteiger partial charge in [-0.1, -0.05) is 27.7 Å². The van der Waals surface area contributed by atoms with Crippen LogP contribution in [0.25, 0.3) is 0 Å². The molecule has 0 unspecified atom stereocenters. The smallest absolute Gasteiger partial charge is 0.264 e. The first-order valence-corrected chi connectivity index (χ1v) is 12.1. The lowest BCUT2D eigenvalue weighted by molar-refractivity contribution is -0.152. The normalized spacial score (nSPS) is 40.2. The summed E-state index contributed by atoms with van der Waals surface area (Å²) in [6.07, 6.45) is 3.50. The number of hydrogen-bond donors (Lipinski definition) is 0. The van der Waals surface area contributed by atoms with E-state index in [2.05, 4.69) is 20.8 Å². The van der Waals surface area contributed by atoms with Crippen molar-refractivity contribution in [2.24, 2.45) is 35.0 Å². The summed E-state index contributed by atoms with van der Waals surface area (Å²) in [5, 5.41) is 0. The second-order valence-electron chi connectivity index (χ2n) is 8.36. The Morgan fingerprint density at radius 2 is 1.71 bits per heavy atom. The molecule has 0 spiro atoms. The standard InChI is InChI=1S/C16H30O6S2/c1-10(2)12-7-14-11(3)15(22-24(6,19)20)13(12)8-16(14,4)9-21-23(5,17)18/h10-15H,7-9H2,1-6H3/t11-,12-,13-,14+,15-,16-/m0/s1. The van der Waals surface area contributed by atoms with Crippen LogP contribution < -0.4 is 0 Å². The summed E-state index contributed by atoms with van der Waals surface area (Å²) in [5.41, 5.74) is -0.282. The van der Waals surface area contributed by atoms with Crippen molar-refractivity contribution in [3.05, 3.63) is 0 Å². The van der Waals surface area contributed by atoms with Crippen molar-refractivity contribution in [3.8, 4) is 0 Å². The summed E-state index contributed by atoms with van der Waals surface area (Å²) in [6.45, 7) is 8.52. The SMILES string of the molecule is CC(C)[C@@H]1C[C@@H]2[C@H](C)[C@H](OS(C)(=O)=O)[C@H]1C[C@@]2(C)COS(C)(=O)=O. The quantitative estimate of drug-likeness (QED) is 0.655. The molecule has 3 aliphatic rings. The highest BCUT2D eigenvalue weighted by molar-refractivity contribution is 7.86. The molecule has 8 heteroatoms. The van der Waals surface area contributed by atoms with E-state index in [-0.39, 0.29) is 35.9 Å². The van der Waals surface area contributed by atoms with Crippen LogP contribution in [0.1, 0.15) is 40.5 Å². The highest BCUT2D eigenvalue weighted by Crippen LogP contribution is 2.59. The third-order valence-electron chi connectivity index (χ3n) is 5.99. The maximum Gasteiger partial charge on any atom is 0.264 e. The highest BCUT2D eigenvalue weighted by Gasteiger charge is 2.58. The molecule has 0 N–H and O–H groups in total. The van der Waals surface area contributed by atoms with Crippen molar-refractivity contribution in [1.29, 1.82) is 0 Å². The molecular weight excluding hydrogens is 352 g/mol. The molecule has 0 aromatic heterocycles. The van der Waals surface area contributed by atoms with Crippen molar-refractivity contribution in [2.45, 2.75) is 46.6 Å². The molecule has 0 aliphatic heterocycles. The summed E-state index contributed by atoms with van der Waals surface area (Å²) in [7, 11) is -7.02. The topological polar surface area (TPSA) is 86.7 Å². The fourth-order valence-electron chi connectivity index (χ4n) is 4.96. The minimum absolute atomic E-state index is 0.0432. The molecule has 142 valence electrons. The van der Waals surface area contributed by atoms with Crippen LogP contribution in [-0.2, 0) is 28.6 Å². The average Bonchev–Trinajstić information content (AvgIpc) is 2.38. The van der Waals surface area contributed by atoms with Crippen molar-refractivity contribution < 1.29 is 25.2 Å². The predicted octanol–water partition coefficient (Wildman–Crippen LogP) is 2.26. The zero-order valence-electron chi connectivity index (χ0n) is 15.4. The van der Waals surface area contributed by atoms with Gasteiger partial charge in [0.2, 0.25) is 0 Å². The molecular formula is C16H30O6S2.